The van der Waals surface area contributed by atoms with Gasteiger partial charge in [0.15, 0.2) is 17.7 Å². The third kappa shape index (κ3) is 6.54. The Morgan fingerprint density at radius 3 is 2.20 bits per heavy atom. The predicted molar refractivity (Wildman–Crippen MR) is 157 cm³/mol. The lowest BCUT2D eigenvalue weighted by Crippen LogP contribution is -2.48. The van der Waals surface area contributed by atoms with Gasteiger partial charge in [0.25, 0.3) is 6.02 Å². The number of rotatable bonds is 6. The van der Waals surface area contributed by atoms with Crippen LogP contribution in [-0.4, -0.2) is 69.1 Å². The highest BCUT2D eigenvalue weighted by molar-refractivity contribution is 5.87. The van der Waals surface area contributed by atoms with E-state index in [1.807, 2.05) is 0 Å². The van der Waals surface area contributed by atoms with E-state index in [4.69, 9.17) is 20.9 Å². The average molecular weight is 645 g/mol. The van der Waals surface area contributed by atoms with Gasteiger partial charge in [-0.25, -0.2) is 43.7 Å². The largest absolute Gasteiger partial charge is 0.480 e. The number of halogens is 5. The first-order valence-electron chi connectivity index (χ1n) is 13.2. The first kappa shape index (κ1) is 31.7. The summed E-state index contributed by atoms with van der Waals surface area (Å²) in [4.78, 5) is 28.5. The number of methoxy groups -OCH3 is 2. The fourth-order valence-electron chi connectivity index (χ4n) is 4.55. The van der Waals surface area contributed by atoms with Gasteiger partial charge >= 0.3 is 6.18 Å². The van der Waals surface area contributed by atoms with Crippen molar-refractivity contribution >= 4 is 45.4 Å². The van der Waals surface area contributed by atoms with E-state index in [2.05, 4.69) is 44.9 Å². The molecule has 5 aromatic rings. The van der Waals surface area contributed by atoms with Gasteiger partial charge < -0.3 is 31.0 Å². The number of nitrogens with one attached hydrogen (secondary N) is 1. The molecule has 46 heavy (non-hydrogen) atoms. The highest BCUT2D eigenvalue weighted by Gasteiger charge is 2.52. The van der Waals surface area contributed by atoms with Gasteiger partial charge in [-0.3, -0.25) is 0 Å². The van der Waals surface area contributed by atoms with Gasteiger partial charge in [0, 0.05) is 30.1 Å². The van der Waals surface area contributed by atoms with Crippen LogP contribution in [0.4, 0.5) is 39.3 Å². The van der Waals surface area contributed by atoms with Crippen LogP contribution < -0.4 is 26.3 Å². The minimum Gasteiger partial charge on any atom is -0.480 e. The molecule has 0 fully saturated rings. The Bertz CT molecular complexity index is 1910. The first-order valence-corrected chi connectivity index (χ1v) is 13.2. The molecule has 5 N–H and O–H groups in total. The lowest BCUT2D eigenvalue weighted by Gasteiger charge is -2.36. The number of nitrogens with two attached hydrogens (primary N) is 2. The number of nitrogens with zero attached hydrogens (tertiary/aromatic N) is 7. The van der Waals surface area contributed by atoms with E-state index < -0.39 is 48.3 Å². The maximum atomic E-state index is 14.7. The standard InChI is InChI=1S/C20H17F5N6O2.C8H8N4O/c1-32-15-8-28-16-13(30-15)4-5-27-17(16)29-10-2-3-12(22)11(6-10)19(9-21)7-14(20(23,24)25)33-18(26)31-19;1-13-6-4-11-7-5(12-6)2-3-10-8(7)9/h2-6,8,14H,7,9H2,1H3,(H2,26,31)(H,27,29);2-4H,1H3,(H2,9,10)/t14-,19+;/m0./s1. The molecule has 1 aliphatic rings. The number of benzene rings is 1. The maximum Gasteiger partial charge on any atom is 0.425 e. The van der Waals surface area contributed by atoms with Crippen molar-refractivity contribution in [2.75, 3.05) is 31.9 Å². The summed E-state index contributed by atoms with van der Waals surface area (Å²) in [6, 6.07) is 5.91. The lowest BCUT2D eigenvalue weighted by molar-refractivity contribution is -0.209. The quantitative estimate of drug-likeness (QED) is 0.223. The zero-order valence-corrected chi connectivity index (χ0v) is 24.1. The van der Waals surface area contributed by atoms with E-state index in [9.17, 15) is 22.0 Å². The van der Waals surface area contributed by atoms with E-state index in [0.29, 0.717) is 33.8 Å². The Kier molecular flexibility index (Phi) is 8.79. The van der Waals surface area contributed by atoms with Crippen LogP contribution in [0.1, 0.15) is 12.0 Å². The summed E-state index contributed by atoms with van der Waals surface area (Å²) in [6.07, 6.45) is -2.34. The molecule has 13 nitrogen and oxygen atoms in total. The third-order valence-electron chi connectivity index (χ3n) is 6.75. The second-order valence-corrected chi connectivity index (χ2v) is 9.70. The average Bonchev–Trinajstić information content (AvgIpc) is 3.05. The molecular formula is C28H25F5N10O3. The summed E-state index contributed by atoms with van der Waals surface area (Å²) >= 11 is 0. The first-order chi connectivity index (χ1) is 22.0. The molecule has 0 aliphatic carbocycles. The van der Waals surface area contributed by atoms with Gasteiger partial charge in [-0.15, -0.1) is 0 Å². The van der Waals surface area contributed by atoms with Crippen molar-refractivity contribution in [2.45, 2.75) is 24.2 Å². The van der Waals surface area contributed by atoms with E-state index >= 15 is 0 Å². The number of hydrogen-bond donors (Lipinski definition) is 3. The number of amidine groups is 1. The van der Waals surface area contributed by atoms with Crippen LogP contribution in [-0.2, 0) is 10.3 Å². The van der Waals surface area contributed by atoms with Crippen molar-refractivity contribution in [3.05, 3.63) is 66.5 Å². The van der Waals surface area contributed by atoms with Gasteiger partial charge in [-0.2, -0.15) is 13.2 Å². The van der Waals surface area contributed by atoms with Gasteiger partial charge in [-0.1, -0.05) is 0 Å². The van der Waals surface area contributed by atoms with E-state index in [1.54, 1.807) is 25.4 Å². The van der Waals surface area contributed by atoms with Gasteiger partial charge in [0.1, 0.15) is 29.1 Å². The van der Waals surface area contributed by atoms with Crippen LogP contribution in [0.2, 0.25) is 0 Å². The third-order valence-corrected chi connectivity index (χ3v) is 6.75. The molecule has 6 rings (SSSR count). The zero-order valence-electron chi connectivity index (χ0n) is 24.1. The molecule has 4 aromatic heterocycles. The molecule has 1 aliphatic heterocycles. The molecule has 2 atom stereocenters. The van der Waals surface area contributed by atoms with Crippen LogP contribution in [0, 0.1) is 5.82 Å². The molecule has 0 bridgehead atoms. The predicted octanol–water partition coefficient (Wildman–Crippen LogP) is 4.36. The highest BCUT2D eigenvalue weighted by Crippen LogP contribution is 2.42. The fraction of sp³-hybridized carbons (Fsp3) is 0.250. The monoisotopic (exact) mass is 644 g/mol. The van der Waals surface area contributed by atoms with Gasteiger partial charge in [0.05, 0.1) is 37.6 Å². The minimum absolute atomic E-state index is 0.209. The van der Waals surface area contributed by atoms with E-state index in [0.717, 1.165) is 12.1 Å². The molecular weight excluding hydrogens is 619 g/mol. The van der Waals surface area contributed by atoms with Crippen molar-refractivity contribution in [3.8, 4) is 11.8 Å². The summed E-state index contributed by atoms with van der Waals surface area (Å²) in [5, 5.41) is 2.91. The number of aromatic nitrogens is 6. The molecule has 240 valence electrons. The zero-order chi connectivity index (χ0) is 33.1. The lowest BCUT2D eigenvalue weighted by atomic mass is 9.84. The Morgan fingerprint density at radius 1 is 0.935 bits per heavy atom. The summed E-state index contributed by atoms with van der Waals surface area (Å²) in [5.41, 5.74) is 10.7. The second kappa shape index (κ2) is 12.7. The number of alkyl halides is 4. The van der Waals surface area contributed by atoms with Crippen molar-refractivity contribution in [3.63, 3.8) is 0 Å². The summed E-state index contributed by atoms with van der Waals surface area (Å²) in [7, 11) is 2.98. The van der Waals surface area contributed by atoms with Crippen molar-refractivity contribution in [1.29, 1.82) is 0 Å². The van der Waals surface area contributed by atoms with Gasteiger partial charge in [-0.05, 0) is 30.3 Å². The molecule has 0 amide bonds. The number of aliphatic imine (C=N–C) groups is 1. The molecule has 0 radical (unpaired) electrons. The van der Waals surface area contributed by atoms with Gasteiger partial charge in [0.2, 0.25) is 11.8 Å². The number of anilines is 3. The van der Waals surface area contributed by atoms with E-state index in [1.165, 1.54) is 31.8 Å². The summed E-state index contributed by atoms with van der Waals surface area (Å²) in [5.74, 6) is 0.416. The molecule has 0 spiro atoms. The number of pyridine rings is 2. The smallest absolute Gasteiger partial charge is 0.425 e. The second-order valence-electron chi connectivity index (χ2n) is 9.70. The fourth-order valence-corrected chi connectivity index (χ4v) is 4.55. The summed E-state index contributed by atoms with van der Waals surface area (Å²) in [6.45, 7) is -1.43. The topological polar surface area (TPSA) is 181 Å². The van der Waals surface area contributed by atoms with Crippen LogP contribution in [0.25, 0.3) is 22.1 Å². The SMILES string of the molecule is COc1cnc2c(N)nccc2n1.COc1cnc2c(Nc3ccc(F)c([C@]4(CF)C[C@@H](C(F)(F)F)OC(N)=N4)c3)nccc2n1. The summed E-state index contributed by atoms with van der Waals surface area (Å²) < 4.78 is 83.2. The Labute approximate surface area is 256 Å². The number of hydrogen-bond acceptors (Lipinski definition) is 13. The molecule has 1 aromatic carbocycles. The van der Waals surface area contributed by atoms with Crippen molar-refractivity contribution < 1.29 is 36.2 Å². The Morgan fingerprint density at radius 2 is 1.57 bits per heavy atom. The Hall–Kier alpha value is -5.68. The maximum absolute atomic E-state index is 14.7. The van der Waals surface area contributed by atoms with Crippen LogP contribution in [0.3, 0.4) is 0 Å². The molecule has 0 saturated carbocycles. The van der Waals surface area contributed by atoms with Crippen LogP contribution >= 0.6 is 0 Å². The molecule has 5 heterocycles. The van der Waals surface area contributed by atoms with Crippen LogP contribution in [0.5, 0.6) is 11.8 Å². The molecule has 0 unspecified atom stereocenters. The van der Waals surface area contributed by atoms with Crippen molar-refractivity contribution in [2.24, 2.45) is 10.7 Å². The number of fused-ring (bicyclic) bond motifs is 2. The van der Waals surface area contributed by atoms with Crippen molar-refractivity contribution in [1.82, 2.24) is 29.9 Å². The van der Waals surface area contributed by atoms with Crippen LogP contribution in [0.15, 0.2) is 60.1 Å². The number of nitrogen functional groups attached to an aromatic ring is 1. The highest BCUT2D eigenvalue weighted by atomic mass is 19.4. The molecule has 0 saturated heterocycles. The Balaban J connectivity index is 0.000000266. The molecule has 18 heteroatoms. The number of ether oxygens (including phenoxy) is 3. The minimum atomic E-state index is -4.85. The normalized spacial score (nSPS) is 17.8. The van der Waals surface area contributed by atoms with E-state index in [-0.39, 0.29) is 17.4 Å².